The highest BCUT2D eigenvalue weighted by Gasteiger charge is 2.16. The fraction of sp³-hybridized carbons (Fsp3) is 0.0417. The molecule has 2 amide bonds. The third-order valence-corrected chi connectivity index (χ3v) is 4.49. The van der Waals surface area contributed by atoms with Gasteiger partial charge in [0.25, 0.3) is 11.8 Å². The number of fused-ring (bicyclic) bond motifs is 1. The van der Waals surface area contributed by atoms with Gasteiger partial charge in [-0.2, -0.15) is 5.10 Å². The number of hydrogen-bond acceptors (Lipinski definition) is 5. The van der Waals surface area contributed by atoms with E-state index in [0.717, 1.165) is 0 Å². The number of nitrogens with one attached hydrogen (secondary N) is 2. The Morgan fingerprint density at radius 2 is 1.62 bits per heavy atom. The Hall–Kier alpha value is -4.46. The molecule has 32 heavy (non-hydrogen) atoms. The Morgan fingerprint density at radius 1 is 0.906 bits per heavy atom. The number of hydrazone groups is 1. The maximum Gasteiger partial charge on any atom is 0.287 e. The van der Waals surface area contributed by atoms with Crippen molar-refractivity contribution in [1.82, 2.24) is 10.7 Å². The van der Waals surface area contributed by atoms with Crippen molar-refractivity contribution in [2.75, 3.05) is 6.79 Å². The summed E-state index contributed by atoms with van der Waals surface area (Å²) in [5.74, 6) is -0.308. The largest absolute Gasteiger partial charge is 0.454 e. The quantitative estimate of drug-likeness (QED) is 0.355. The molecule has 0 unspecified atom stereocenters. The number of carbonyl (C=O) groups excluding carboxylic acids is 2. The molecule has 0 radical (unpaired) electrons. The van der Waals surface area contributed by atoms with Crippen molar-refractivity contribution in [2.24, 2.45) is 5.10 Å². The second kappa shape index (κ2) is 9.57. The van der Waals surface area contributed by atoms with Gasteiger partial charge in [-0.05, 0) is 53.6 Å². The zero-order chi connectivity index (χ0) is 22.3. The van der Waals surface area contributed by atoms with Gasteiger partial charge in [0.1, 0.15) is 11.5 Å². The highest BCUT2D eigenvalue weighted by atomic mass is 19.1. The molecular formula is C24H18FN3O4. The molecule has 0 aromatic heterocycles. The van der Waals surface area contributed by atoms with Gasteiger partial charge < -0.3 is 14.8 Å². The minimum atomic E-state index is -0.634. The van der Waals surface area contributed by atoms with Crippen LogP contribution in [0.2, 0.25) is 0 Å². The third-order valence-electron chi connectivity index (χ3n) is 4.49. The van der Waals surface area contributed by atoms with Crippen LogP contribution in [0.4, 0.5) is 4.39 Å². The van der Waals surface area contributed by atoms with Crippen molar-refractivity contribution in [3.63, 3.8) is 0 Å². The molecule has 3 aromatic rings. The van der Waals surface area contributed by atoms with E-state index >= 15 is 0 Å². The van der Waals surface area contributed by atoms with Crippen molar-refractivity contribution in [3.05, 3.63) is 101 Å². The number of carbonyl (C=O) groups is 2. The molecule has 0 fully saturated rings. The topological polar surface area (TPSA) is 89.0 Å². The number of ether oxygens (including phenoxy) is 2. The second-order valence-electron chi connectivity index (χ2n) is 6.74. The molecule has 4 rings (SSSR count). The lowest BCUT2D eigenvalue weighted by Gasteiger charge is -2.09. The average molecular weight is 431 g/mol. The minimum absolute atomic E-state index is 0.0195. The summed E-state index contributed by atoms with van der Waals surface area (Å²) in [5.41, 5.74) is 3.97. The van der Waals surface area contributed by atoms with Crippen LogP contribution < -0.4 is 20.2 Å². The van der Waals surface area contributed by atoms with Crippen LogP contribution in [0.5, 0.6) is 11.5 Å². The molecule has 0 atom stereocenters. The smallest absolute Gasteiger partial charge is 0.287 e. The lowest BCUT2D eigenvalue weighted by molar-refractivity contribution is -0.117. The molecule has 1 aliphatic heterocycles. The molecule has 1 aliphatic rings. The number of amides is 2. The number of nitrogens with zero attached hydrogens (tertiary/aromatic N) is 1. The van der Waals surface area contributed by atoms with E-state index < -0.39 is 11.8 Å². The zero-order valence-electron chi connectivity index (χ0n) is 16.7. The summed E-state index contributed by atoms with van der Waals surface area (Å²) in [6, 6.07) is 19.3. The van der Waals surface area contributed by atoms with Gasteiger partial charge in [0.2, 0.25) is 6.79 Å². The van der Waals surface area contributed by atoms with Crippen LogP contribution in [0.15, 0.2) is 83.6 Å². The van der Waals surface area contributed by atoms with Gasteiger partial charge in [0.15, 0.2) is 11.5 Å². The standard InChI is InChI=1S/C24H18FN3O4/c25-19-9-6-16(7-10-19)14-26-28-24(30)20(27-23(29)18-4-2-1-3-5-18)12-17-8-11-21-22(13-17)32-15-31-21/h1-14H,15H2,(H,27,29)(H,28,30). The molecule has 7 nitrogen and oxygen atoms in total. The lowest BCUT2D eigenvalue weighted by Crippen LogP contribution is -2.32. The van der Waals surface area contributed by atoms with E-state index in [1.807, 2.05) is 0 Å². The highest BCUT2D eigenvalue weighted by molar-refractivity contribution is 6.05. The first-order chi connectivity index (χ1) is 15.6. The Bertz CT molecular complexity index is 1190. The van der Waals surface area contributed by atoms with Gasteiger partial charge in [0, 0.05) is 5.56 Å². The van der Waals surface area contributed by atoms with Crippen LogP contribution in [0, 0.1) is 5.82 Å². The van der Waals surface area contributed by atoms with E-state index in [1.54, 1.807) is 48.5 Å². The van der Waals surface area contributed by atoms with Gasteiger partial charge >= 0.3 is 0 Å². The van der Waals surface area contributed by atoms with Gasteiger partial charge in [0.05, 0.1) is 6.21 Å². The van der Waals surface area contributed by atoms with Crippen molar-refractivity contribution >= 4 is 24.1 Å². The second-order valence-corrected chi connectivity index (χ2v) is 6.74. The lowest BCUT2D eigenvalue weighted by atomic mass is 10.1. The fourth-order valence-electron chi connectivity index (χ4n) is 2.89. The summed E-state index contributed by atoms with van der Waals surface area (Å²) in [4.78, 5) is 25.4. The van der Waals surface area contributed by atoms with Gasteiger partial charge in [-0.3, -0.25) is 9.59 Å². The SMILES string of the molecule is O=C(NN=Cc1ccc(F)cc1)C(=Cc1ccc2c(c1)OCO2)NC(=O)c1ccccc1. The number of halogens is 1. The summed E-state index contributed by atoms with van der Waals surface area (Å²) >= 11 is 0. The average Bonchev–Trinajstić information content (AvgIpc) is 3.28. The van der Waals surface area contributed by atoms with Gasteiger partial charge in [-0.1, -0.05) is 36.4 Å². The van der Waals surface area contributed by atoms with Crippen molar-refractivity contribution in [1.29, 1.82) is 0 Å². The van der Waals surface area contributed by atoms with Crippen LogP contribution in [0.25, 0.3) is 6.08 Å². The van der Waals surface area contributed by atoms with E-state index in [2.05, 4.69) is 15.8 Å². The molecular weight excluding hydrogens is 413 g/mol. The minimum Gasteiger partial charge on any atom is -0.454 e. The van der Waals surface area contributed by atoms with E-state index in [-0.39, 0.29) is 18.3 Å². The molecule has 160 valence electrons. The van der Waals surface area contributed by atoms with Crippen LogP contribution in [0.3, 0.4) is 0 Å². The van der Waals surface area contributed by atoms with Crippen LogP contribution in [-0.4, -0.2) is 24.8 Å². The molecule has 0 saturated heterocycles. The predicted molar refractivity (Wildman–Crippen MR) is 117 cm³/mol. The molecule has 3 aromatic carbocycles. The number of hydrogen-bond donors (Lipinski definition) is 2. The summed E-state index contributed by atoms with van der Waals surface area (Å²) in [6.07, 6.45) is 2.88. The maximum absolute atomic E-state index is 13.0. The fourth-order valence-corrected chi connectivity index (χ4v) is 2.89. The third kappa shape index (κ3) is 5.17. The van der Waals surface area contributed by atoms with Crippen molar-refractivity contribution < 1.29 is 23.5 Å². The summed E-state index contributed by atoms with van der Waals surface area (Å²) in [7, 11) is 0. The number of benzene rings is 3. The first-order valence-electron chi connectivity index (χ1n) is 9.65. The Balaban J connectivity index is 1.55. The number of rotatable bonds is 6. The molecule has 2 N–H and O–H groups in total. The van der Waals surface area contributed by atoms with Crippen LogP contribution in [0.1, 0.15) is 21.5 Å². The maximum atomic E-state index is 13.0. The highest BCUT2D eigenvalue weighted by Crippen LogP contribution is 2.33. The predicted octanol–water partition coefficient (Wildman–Crippen LogP) is 3.48. The summed E-state index contributed by atoms with van der Waals surface area (Å²) in [6.45, 7) is 0.124. The van der Waals surface area contributed by atoms with E-state index in [4.69, 9.17) is 9.47 Å². The Morgan fingerprint density at radius 3 is 2.41 bits per heavy atom. The Labute approximate surface area is 183 Å². The van der Waals surface area contributed by atoms with E-state index in [0.29, 0.717) is 28.2 Å². The summed E-state index contributed by atoms with van der Waals surface area (Å²) in [5, 5.41) is 6.51. The van der Waals surface area contributed by atoms with Crippen molar-refractivity contribution in [3.8, 4) is 11.5 Å². The van der Waals surface area contributed by atoms with E-state index in [1.165, 1.54) is 36.6 Å². The zero-order valence-corrected chi connectivity index (χ0v) is 16.7. The molecule has 0 saturated carbocycles. The Kier molecular flexibility index (Phi) is 6.22. The summed E-state index contributed by atoms with van der Waals surface area (Å²) < 4.78 is 23.7. The molecule has 0 bridgehead atoms. The first-order valence-corrected chi connectivity index (χ1v) is 9.65. The van der Waals surface area contributed by atoms with Crippen LogP contribution >= 0.6 is 0 Å². The first kappa shape index (κ1) is 20.8. The monoisotopic (exact) mass is 431 g/mol. The molecule has 0 spiro atoms. The van der Waals surface area contributed by atoms with Crippen LogP contribution in [-0.2, 0) is 4.79 Å². The molecule has 8 heteroatoms. The van der Waals surface area contributed by atoms with Gasteiger partial charge in [-0.25, -0.2) is 9.82 Å². The van der Waals surface area contributed by atoms with Gasteiger partial charge in [-0.15, -0.1) is 0 Å². The molecule has 0 aliphatic carbocycles. The normalized spacial score (nSPS) is 12.6. The molecule has 1 heterocycles. The van der Waals surface area contributed by atoms with E-state index in [9.17, 15) is 14.0 Å². The van der Waals surface area contributed by atoms with Crippen molar-refractivity contribution in [2.45, 2.75) is 0 Å².